The Balaban J connectivity index is 1.77. The molecule has 13 nitrogen and oxygen atoms in total. The fraction of sp³-hybridized carbons (Fsp3) is 0.576. The van der Waals surface area contributed by atoms with Crippen molar-refractivity contribution in [2.45, 2.75) is 95.7 Å². The molecule has 2 bridgehead atoms. The Kier molecular flexibility index (Phi) is 11.0. The summed E-state index contributed by atoms with van der Waals surface area (Å²) in [6.45, 7) is 8.24. The van der Waals surface area contributed by atoms with Gasteiger partial charge in [0, 0.05) is 39.1 Å². The van der Waals surface area contributed by atoms with Crippen molar-refractivity contribution in [1.82, 2.24) is 10.2 Å². The molecule has 14 heteroatoms. The fourth-order valence-electron chi connectivity index (χ4n) is 6.07. The van der Waals surface area contributed by atoms with Gasteiger partial charge in [-0.15, -0.1) is 0 Å². The maximum Gasteiger partial charge on any atom is 0.409 e. The highest BCUT2D eigenvalue weighted by molar-refractivity contribution is 6.32. The molecule has 3 amide bonds. The Labute approximate surface area is 279 Å². The SMILES string of the molecule is COc1cc2c(cc1Cl)NC(=O)CC(OC(=O)C(C)N(C)C(C)=O)C1(C)OC1C(C)C1CC(O)(NC(=O)O1)C(OC)/C=C/C=C(/C)C2. The number of carbonyl (C=O) groups excluding carboxylic acids is 4. The molecule has 3 aliphatic rings. The van der Waals surface area contributed by atoms with Crippen molar-refractivity contribution in [2.24, 2.45) is 5.92 Å². The van der Waals surface area contributed by atoms with Crippen molar-refractivity contribution in [3.05, 3.63) is 46.5 Å². The zero-order valence-electron chi connectivity index (χ0n) is 27.9. The quantitative estimate of drug-likeness (QED) is 0.310. The standard InChI is InChI=1S/C33H44ClN3O10/c1-17-10-9-11-26(44-8)33(42)16-25(45-31(41)36-33)18(2)29-32(5,47-29)27(46-30(40)19(3)37(6)20(4)38)15-28(39)35-23-14-22(34)24(43-7)13-21(23)12-17/h9-11,13-14,18-19,25-27,29,42H,12,15-16H2,1-8H3,(H,35,39)(H,36,41)/b11-9+,17-10-. The van der Waals surface area contributed by atoms with Crippen LogP contribution in [0.3, 0.4) is 0 Å². The van der Waals surface area contributed by atoms with Crippen LogP contribution in [0.1, 0.15) is 53.0 Å². The molecule has 8 unspecified atom stereocenters. The zero-order chi connectivity index (χ0) is 34.8. The number of hydrogen-bond acceptors (Lipinski definition) is 10. The number of likely N-dealkylation sites (N-methyl/N-ethyl adjacent to an activating group) is 1. The Bertz CT molecular complexity index is 1470. The largest absolute Gasteiger partial charge is 0.495 e. The van der Waals surface area contributed by atoms with Gasteiger partial charge in [-0.25, -0.2) is 9.59 Å². The van der Waals surface area contributed by atoms with Gasteiger partial charge in [0.2, 0.25) is 11.8 Å². The number of fused-ring (bicyclic) bond motifs is 4. The summed E-state index contributed by atoms with van der Waals surface area (Å²) in [5.74, 6) is -1.63. The van der Waals surface area contributed by atoms with Gasteiger partial charge in [-0.1, -0.05) is 42.3 Å². The van der Waals surface area contributed by atoms with E-state index in [-0.39, 0.29) is 23.8 Å². The first-order chi connectivity index (χ1) is 22.0. The number of esters is 1. The Morgan fingerprint density at radius 2 is 1.94 bits per heavy atom. The highest BCUT2D eigenvalue weighted by Gasteiger charge is 2.64. The molecule has 47 heavy (non-hydrogen) atoms. The molecule has 258 valence electrons. The van der Waals surface area contributed by atoms with E-state index >= 15 is 0 Å². The highest BCUT2D eigenvalue weighted by Crippen LogP contribution is 2.49. The second kappa shape index (κ2) is 14.2. The minimum Gasteiger partial charge on any atom is -0.495 e. The van der Waals surface area contributed by atoms with Crippen molar-refractivity contribution in [1.29, 1.82) is 0 Å². The van der Waals surface area contributed by atoms with Crippen LogP contribution < -0.4 is 15.4 Å². The van der Waals surface area contributed by atoms with E-state index in [4.69, 9.17) is 35.3 Å². The second-order valence-electron chi connectivity index (χ2n) is 12.6. The van der Waals surface area contributed by atoms with Crippen LogP contribution in [0.2, 0.25) is 5.02 Å². The molecule has 0 radical (unpaired) electrons. The monoisotopic (exact) mass is 677 g/mol. The second-order valence-corrected chi connectivity index (χ2v) is 13.0. The number of allylic oxidation sites excluding steroid dienone is 3. The number of aliphatic hydroxyl groups is 1. The molecule has 0 spiro atoms. The third-order valence-corrected chi connectivity index (χ3v) is 9.54. The molecule has 8 atom stereocenters. The molecule has 2 saturated heterocycles. The Hall–Kier alpha value is -3.65. The lowest BCUT2D eigenvalue weighted by Crippen LogP contribution is -2.63. The van der Waals surface area contributed by atoms with Gasteiger partial charge in [-0.2, -0.15) is 0 Å². The number of carbonyl (C=O) groups is 4. The molecule has 1 aromatic carbocycles. The molecular weight excluding hydrogens is 634 g/mol. The lowest BCUT2D eigenvalue weighted by Gasteiger charge is -2.42. The molecule has 3 N–H and O–H groups in total. The normalized spacial score (nSPS) is 33.4. The molecule has 0 aliphatic carbocycles. The first kappa shape index (κ1) is 36.2. The maximum absolute atomic E-state index is 13.7. The van der Waals surface area contributed by atoms with Crippen LogP contribution in [0.4, 0.5) is 10.5 Å². The van der Waals surface area contributed by atoms with Gasteiger partial charge in [-0.3, -0.25) is 14.9 Å². The third-order valence-electron chi connectivity index (χ3n) is 9.24. The van der Waals surface area contributed by atoms with Crippen molar-refractivity contribution >= 4 is 41.2 Å². The number of hydrogen-bond donors (Lipinski definition) is 3. The van der Waals surface area contributed by atoms with Crippen LogP contribution >= 0.6 is 11.6 Å². The van der Waals surface area contributed by atoms with Gasteiger partial charge in [0.15, 0.2) is 5.72 Å². The smallest absolute Gasteiger partial charge is 0.409 e. The topological polar surface area (TPSA) is 165 Å². The summed E-state index contributed by atoms with van der Waals surface area (Å²) in [4.78, 5) is 52.8. The van der Waals surface area contributed by atoms with Crippen LogP contribution in [0.15, 0.2) is 35.9 Å². The number of halogens is 1. The Morgan fingerprint density at radius 3 is 2.57 bits per heavy atom. The number of anilines is 1. The van der Waals surface area contributed by atoms with E-state index in [1.165, 1.54) is 40.0 Å². The molecule has 1 aromatic rings. The number of alkyl carbamates (subject to hydrolysis) is 1. The van der Waals surface area contributed by atoms with Crippen molar-refractivity contribution in [2.75, 3.05) is 26.6 Å². The third kappa shape index (κ3) is 7.91. The fourth-order valence-corrected chi connectivity index (χ4v) is 6.32. The molecule has 4 rings (SSSR count). The summed E-state index contributed by atoms with van der Waals surface area (Å²) >= 11 is 6.45. The van der Waals surface area contributed by atoms with E-state index in [1.807, 2.05) is 13.0 Å². The molecule has 0 saturated carbocycles. The molecular formula is C33H44ClN3O10. The van der Waals surface area contributed by atoms with Crippen LogP contribution in [-0.4, -0.2) is 96.9 Å². The number of epoxide rings is 1. The predicted octanol–water partition coefficient (Wildman–Crippen LogP) is 3.51. The van der Waals surface area contributed by atoms with Gasteiger partial charge in [0.25, 0.3) is 0 Å². The summed E-state index contributed by atoms with van der Waals surface area (Å²) < 4.78 is 28.7. The van der Waals surface area contributed by atoms with Gasteiger partial charge in [-0.05, 0) is 44.9 Å². The summed E-state index contributed by atoms with van der Waals surface area (Å²) in [7, 11) is 4.39. The van der Waals surface area contributed by atoms with E-state index < -0.39 is 65.7 Å². The highest BCUT2D eigenvalue weighted by atomic mass is 35.5. The van der Waals surface area contributed by atoms with Gasteiger partial charge >= 0.3 is 12.1 Å². The van der Waals surface area contributed by atoms with E-state index in [1.54, 1.807) is 38.1 Å². The minimum atomic E-state index is -1.81. The number of amides is 3. The predicted molar refractivity (Wildman–Crippen MR) is 172 cm³/mol. The van der Waals surface area contributed by atoms with Crippen molar-refractivity contribution < 1.29 is 48.0 Å². The summed E-state index contributed by atoms with van der Waals surface area (Å²) in [6.07, 6.45) is 0.902. The summed E-state index contributed by atoms with van der Waals surface area (Å²) in [5.41, 5.74) is -0.969. The first-order valence-corrected chi connectivity index (χ1v) is 15.8. The lowest BCUT2D eigenvalue weighted by atomic mass is 9.83. The van der Waals surface area contributed by atoms with Crippen molar-refractivity contribution in [3.63, 3.8) is 0 Å². The van der Waals surface area contributed by atoms with Crippen LogP contribution in [0.5, 0.6) is 5.75 Å². The van der Waals surface area contributed by atoms with Gasteiger partial charge in [0.1, 0.15) is 35.7 Å². The molecule has 0 aromatic heterocycles. The first-order valence-electron chi connectivity index (χ1n) is 15.4. The number of nitrogens with zero attached hydrogens (tertiary/aromatic N) is 1. The maximum atomic E-state index is 13.7. The van der Waals surface area contributed by atoms with E-state index in [9.17, 15) is 24.3 Å². The summed E-state index contributed by atoms with van der Waals surface area (Å²) in [6, 6.07) is 2.39. The zero-order valence-corrected chi connectivity index (χ0v) is 28.7. The minimum absolute atomic E-state index is 0.0410. The number of benzene rings is 1. The lowest BCUT2D eigenvalue weighted by molar-refractivity contribution is -0.161. The van der Waals surface area contributed by atoms with Gasteiger partial charge in [0.05, 0.1) is 24.7 Å². The average molecular weight is 678 g/mol. The van der Waals surface area contributed by atoms with E-state index in [0.717, 1.165) is 5.57 Å². The number of rotatable bonds is 5. The number of nitrogens with one attached hydrogen (secondary N) is 2. The Morgan fingerprint density at radius 1 is 1.23 bits per heavy atom. The molecule has 3 aliphatic heterocycles. The van der Waals surface area contributed by atoms with Gasteiger partial charge < -0.3 is 39.0 Å². The van der Waals surface area contributed by atoms with Crippen LogP contribution in [0, 0.1) is 5.92 Å². The average Bonchev–Trinajstić information content (AvgIpc) is 3.70. The van der Waals surface area contributed by atoms with Crippen molar-refractivity contribution in [3.8, 4) is 5.75 Å². The van der Waals surface area contributed by atoms with E-state index in [2.05, 4.69) is 10.6 Å². The number of ether oxygens (including phenoxy) is 5. The van der Waals surface area contributed by atoms with E-state index in [0.29, 0.717) is 23.4 Å². The summed E-state index contributed by atoms with van der Waals surface area (Å²) in [5, 5.41) is 17.3. The number of methoxy groups -OCH3 is 2. The molecule has 2 fully saturated rings. The van der Waals surface area contributed by atoms with Crippen LogP contribution in [0.25, 0.3) is 0 Å². The van der Waals surface area contributed by atoms with Crippen LogP contribution in [-0.2, 0) is 39.8 Å². The molecule has 3 heterocycles.